The van der Waals surface area contributed by atoms with Crippen LogP contribution >= 0.6 is 31.9 Å². The van der Waals surface area contributed by atoms with E-state index in [0.29, 0.717) is 12.2 Å². The van der Waals surface area contributed by atoms with Crippen LogP contribution in [0, 0.1) is 5.82 Å². The highest BCUT2D eigenvalue weighted by Gasteiger charge is 2.17. The lowest BCUT2D eigenvalue weighted by atomic mass is 10.0. The molecule has 0 heterocycles. The minimum absolute atomic E-state index is 0.196. The van der Waals surface area contributed by atoms with Crippen molar-refractivity contribution < 1.29 is 9.13 Å². The standard InChI is InChI=1S/C15H13Br2FO/c1-2-19-11-8-6-10(7-9-11)15(17)14-12(16)4-3-5-13(14)18/h3-9,15H,2H2,1H3. The molecule has 1 atom stereocenters. The highest BCUT2D eigenvalue weighted by molar-refractivity contribution is 9.11. The fraction of sp³-hybridized carbons (Fsp3) is 0.200. The second-order valence-electron chi connectivity index (χ2n) is 4.00. The number of ether oxygens (including phenoxy) is 1. The zero-order chi connectivity index (χ0) is 13.8. The molecular weight excluding hydrogens is 375 g/mol. The Kier molecular flexibility index (Phi) is 4.99. The average Bonchev–Trinajstić information content (AvgIpc) is 2.39. The van der Waals surface area contributed by atoms with E-state index in [1.54, 1.807) is 6.07 Å². The smallest absolute Gasteiger partial charge is 0.129 e. The van der Waals surface area contributed by atoms with Crippen molar-refractivity contribution in [3.05, 3.63) is 63.9 Å². The molecule has 0 aliphatic carbocycles. The molecule has 0 amide bonds. The predicted octanol–water partition coefficient (Wildman–Crippen LogP) is 5.47. The van der Waals surface area contributed by atoms with Gasteiger partial charge in [-0.3, -0.25) is 0 Å². The van der Waals surface area contributed by atoms with Gasteiger partial charge in [-0.25, -0.2) is 4.39 Å². The first-order valence-corrected chi connectivity index (χ1v) is 7.65. The van der Waals surface area contributed by atoms with Crippen molar-refractivity contribution in [3.8, 4) is 5.75 Å². The van der Waals surface area contributed by atoms with Gasteiger partial charge in [0.15, 0.2) is 0 Å². The van der Waals surface area contributed by atoms with Crippen molar-refractivity contribution >= 4 is 31.9 Å². The third kappa shape index (κ3) is 3.37. The second kappa shape index (κ2) is 6.53. The molecule has 0 saturated heterocycles. The Morgan fingerprint density at radius 2 is 1.84 bits per heavy atom. The van der Waals surface area contributed by atoms with Crippen LogP contribution in [0.25, 0.3) is 0 Å². The average molecular weight is 388 g/mol. The highest BCUT2D eigenvalue weighted by Crippen LogP contribution is 2.37. The summed E-state index contributed by atoms with van der Waals surface area (Å²) in [6.07, 6.45) is 0. The molecule has 0 radical (unpaired) electrons. The van der Waals surface area contributed by atoms with Crippen molar-refractivity contribution in [2.45, 2.75) is 11.8 Å². The molecule has 100 valence electrons. The summed E-state index contributed by atoms with van der Waals surface area (Å²) in [5.41, 5.74) is 1.58. The first-order valence-electron chi connectivity index (χ1n) is 5.94. The molecule has 0 bridgehead atoms. The van der Waals surface area contributed by atoms with E-state index >= 15 is 0 Å². The van der Waals surface area contributed by atoms with Crippen LogP contribution in [0.2, 0.25) is 0 Å². The summed E-state index contributed by atoms with van der Waals surface area (Å²) in [5, 5.41) is 0. The summed E-state index contributed by atoms with van der Waals surface area (Å²) >= 11 is 6.94. The van der Waals surface area contributed by atoms with Crippen molar-refractivity contribution in [1.82, 2.24) is 0 Å². The molecule has 0 N–H and O–H groups in total. The van der Waals surface area contributed by atoms with Crippen LogP contribution in [0.1, 0.15) is 22.9 Å². The van der Waals surface area contributed by atoms with Gasteiger partial charge in [0.1, 0.15) is 11.6 Å². The molecule has 1 nitrogen and oxygen atoms in total. The van der Waals surface area contributed by atoms with Gasteiger partial charge in [-0.05, 0) is 36.8 Å². The number of benzene rings is 2. The van der Waals surface area contributed by atoms with Gasteiger partial charge in [-0.15, -0.1) is 0 Å². The quantitative estimate of drug-likeness (QED) is 0.632. The Hall–Kier alpha value is -0.870. The van der Waals surface area contributed by atoms with Gasteiger partial charge in [0.05, 0.1) is 11.4 Å². The van der Waals surface area contributed by atoms with Gasteiger partial charge in [-0.2, -0.15) is 0 Å². The van der Waals surface area contributed by atoms with E-state index in [4.69, 9.17) is 4.74 Å². The number of hydrogen-bond acceptors (Lipinski definition) is 1. The molecule has 0 spiro atoms. The molecule has 2 rings (SSSR count). The summed E-state index contributed by atoms with van der Waals surface area (Å²) in [4.78, 5) is -0.196. The third-order valence-electron chi connectivity index (χ3n) is 2.74. The van der Waals surface area contributed by atoms with Gasteiger partial charge < -0.3 is 4.74 Å². The fourth-order valence-electron chi connectivity index (χ4n) is 1.82. The monoisotopic (exact) mass is 386 g/mol. The Labute approximate surface area is 129 Å². The molecule has 2 aromatic rings. The Morgan fingerprint density at radius 1 is 1.16 bits per heavy atom. The zero-order valence-electron chi connectivity index (χ0n) is 10.4. The van der Waals surface area contributed by atoms with Gasteiger partial charge >= 0.3 is 0 Å². The lowest BCUT2D eigenvalue weighted by molar-refractivity contribution is 0.340. The molecule has 0 fully saturated rings. The molecule has 2 aromatic carbocycles. The highest BCUT2D eigenvalue weighted by atomic mass is 79.9. The maximum Gasteiger partial charge on any atom is 0.129 e. The van der Waals surface area contributed by atoms with Crippen LogP contribution in [0.4, 0.5) is 4.39 Å². The van der Waals surface area contributed by atoms with Crippen molar-refractivity contribution in [3.63, 3.8) is 0 Å². The molecule has 0 aromatic heterocycles. The molecule has 4 heteroatoms. The molecule has 0 saturated carbocycles. The van der Waals surface area contributed by atoms with Crippen molar-refractivity contribution in [2.24, 2.45) is 0 Å². The Morgan fingerprint density at radius 3 is 2.42 bits per heavy atom. The van der Waals surface area contributed by atoms with Gasteiger partial charge in [0, 0.05) is 10.0 Å². The van der Waals surface area contributed by atoms with Gasteiger partial charge in [0.25, 0.3) is 0 Å². The number of rotatable bonds is 4. The summed E-state index contributed by atoms with van der Waals surface area (Å²) in [6.45, 7) is 2.58. The lowest BCUT2D eigenvalue weighted by Crippen LogP contribution is -1.98. The third-order valence-corrected chi connectivity index (χ3v) is 4.41. The minimum atomic E-state index is -0.231. The molecule has 1 unspecified atom stereocenters. The SMILES string of the molecule is CCOc1ccc(C(Br)c2c(F)cccc2Br)cc1. The van der Waals surface area contributed by atoms with E-state index in [2.05, 4.69) is 31.9 Å². The Balaban J connectivity index is 2.31. The lowest BCUT2D eigenvalue weighted by Gasteiger charge is -2.14. The molecule has 19 heavy (non-hydrogen) atoms. The summed E-state index contributed by atoms with van der Waals surface area (Å²) in [6, 6.07) is 12.6. The normalized spacial score (nSPS) is 12.2. The van der Waals surface area contributed by atoms with E-state index in [1.165, 1.54) is 6.07 Å². The Bertz CT molecular complexity index is 534. The second-order valence-corrected chi connectivity index (χ2v) is 5.77. The predicted molar refractivity (Wildman–Crippen MR) is 82.5 cm³/mol. The maximum atomic E-state index is 13.9. The van der Waals surface area contributed by atoms with Crippen molar-refractivity contribution in [2.75, 3.05) is 6.61 Å². The summed E-state index contributed by atoms with van der Waals surface area (Å²) in [5.74, 6) is 0.587. The van der Waals surface area contributed by atoms with E-state index in [1.807, 2.05) is 37.3 Å². The summed E-state index contributed by atoms with van der Waals surface area (Å²) in [7, 11) is 0. The fourth-order valence-corrected chi connectivity index (χ4v) is 3.47. The van der Waals surface area contributed by atoms with E-state index in [0.717, 1.165) is 15.8 Å². The number of hydrogen-bond donors (Lipinski definition) is 0. The maximum absolute atomic E-state index is 13.9. The van der Waals surface area contributed by atoms with E-state index < -0.39 is 0 Å². The first-order chi connectivity index (χ1) is 9.13. The molecule has 0 aliphatic heterocycles. The zero-order valence-corrected chi connectivity index (χ0v) is 13.5. The van der Waals surface area contributed by atoms with Crippen LogP contribution < -0.4 is 4.74 Å². The molecule has 0 aliphatic rings. The minimum Gasteiger partial charge on any atom is -0.494 e. The van der Waals surface area contributed by atoms with Gasteiger partial charge in [0.2, 0.25) is 0 Å². The van der Waals surface area contributed by atoms with Crippen LogP contribution in [0.5, 0.6) is 5.75 Å². The largest absolute Gasteiger partial charge is 0.494 e. The van der Waals surface area contributed by atoms with Crippen molar-refractivity contribution in [1.29, 1.82) is 0 Å². The van der Waals surface area contributed by atoms with Crippen LogP contribution in [-0.4, -0.2) is 6.61 Å². The summed E-state index contributed by atoms with van der Waals surface area (Å²) < 4.78 is 20.0. The number of alkyl halides is 1. The molecular formula is C15H13Br2FO. The first kappa shape index (κ1) is 14.5. The van der Waals surface area contributed by atoms with Crippen LogP contribution in [-0.2, 0) is 0 Å². The number of halogens is 3. The van der Waals surface area contributed by atoms with E-state index in [9.17, 15) is 4.39 Å². The van der Waals surface area contributed by atoms with E-state index in [-0.39, 0.29) is 10.6 Å². The van der Waals surface area contributed by atoms with Crippen LogP contribution in [0.3, 0.4) is 0 Å². The van der Waals surface area contributed by atoms with Gasteiger partial charge in [-0.1, -0.05) is 50.1 Å². The topological polar surface area (TPSA) is 9.23 Å². The van der Waals surface area contributed by atoms with Crippen LogP contribution in [0.15, 0.2) is 46.9 Å².